The van der Waals surface area contributed by atoms with Gasteiger partial charge >= 0.3 is 0 Å². The summed E-state index contributed by atoms with van der Waals surface area (Å²) in [6, 6.07) is 11.9. The maximum atomic E-state index is 5.74. The quantitative estimate of drug-likeness (QED) is 0.677. The van der Waals surface area contributed by atoms with Gasteiger partial charge in [0.15, 0.2) is 0 Å². The second-order valence-electron chi connectivity index (χ2n) is 9.92. The zero-order valence-corrected chi connectivity index (χ0v) is 17.8. The van der Waals surface area contributed by atoms with Gasteiger partial charge in [-0.1, -0.05) is 24.3 Å². The molecule has 4 unspecified atom stereocenters. The minimum Gasteiger partial charge on any atom is -0.381 e. The summed E-state index contributed by atoms with van der Waals surface area (Å²) in [5, 5.41) is 5.02. The summed E-state index contributed by atoms with van der Waals surface area (Å²) >= 11 is 0. The van der Waals surface area contributed by atoms with Crippen LogP contribution in [-0.4, -0.2) is 52.2 Å². The first-order valence-corrected chi connectivity index (χ1v) is 11.8. The van der Waals surface area contributed by atoms with Crippen LogP contribution in [0.4, 0.5) is 5.82 Å². The van der Waals surface area contributed by atoms with Crippen molar-refractivity contribution in [2.24, 2.45) is 11.8 Å². The number of nitrogens with zero attached hydrogens (tertiary/aromatic N) is 3. The van der Waals surface area contributed by atoms with Crippen LogP contribution < -0.4 is 5.32 Å². The molecular formula is C25H29N5O. The molecule has 2 aliphatic heterocycles. The fraction of sp³-hybridized carbons (Fsp3) is 0.520. The molecule has 4 aliphatic rings. The van der Waals surface area contributed by atoms with Crippen molar-refractivity contribution in [2.75, 3.05) is 31.6 Å². The number of fused-ring (bicyclic) bond motifs is 3. The molecule has 2 N–H and O–H groups in total. The number of ether oxygens (including phenoxy) is 1. The van der Waals surface area contributed by atoms with Gasteiger partial charge in [0.25, 0.3) is 0 Å². The van der Waals surface area contributed by atoms with Crippen LogP contribution in [0.25, 0.3) is 11.0 Å². The zero-order valence-electron chi connectivity index (χ0n) is 17.8. The highest BCUT2D eigenvalue weighted by Crippen LogP contribution is 2.43. The second kappa shape index (κ2) is 7.04. The van der Waals surface area contributed by atoms with Gasteiger partial charge in [0, 0.05) is 36.7 Å². The molecule has 0 bridgehead atoms. The smallest absolute Gasteiger partial charge is 0.143 e. The molecule has 0 amide bonds. The number of hydrogen-bond donors (Lipinski definition) is 2. The van der Waals surface area contributed by atoms with E-state index < -0.39 is 0 Å². The van der Waals surface area contributed by atoms with Gasteiger partial charge in [0.2, 0.25) is 0 Å². The van der Waals surface area contributed by atoms with Crippen LogP contribution in [0.15, 0.2) is 36.7 Å². The Hall–Kier alpha value is -2.44. The third-order valence-corrected chi connectivity index (χ3v) is 7.98. The number of benzene rings is 1. The third kappa shape index (κ3) is 3.07. The first-order valence-electron chi connectivity index (χ1n) is 11.8. The topological polar surface area (TPSA) is 66.1 Å². The van der Waals surface area contributed by atoms with Gasteiger partial charge in [0.1, 0.15) is 17.8 Å². The van der Waals surface area contributed by atoms with E-state index in [2.05, 4.69) is 50.5 Å². The highest BCUT2D eigenvalue weighted by Gasteiger charge is 2.43. The number of anilines is 1. The molecule has 6 heteroatoms. The van der Waals surface area contributed by atoms with Crippen molar-refractivity contribution in [3.63, 3.8) is 0 Å². The van der Waals surface area contributed by atoms with Crippen molar-refractivity contribution < 1.29 is 4.74 Å². The minimum atomic E-state index is 0.238. The predicted octanol–water partition coefficient (Wildman–Crippen LogP) is 3.88. The lowest BCUT2D eigenvalue weighted by Crippen LogP contribution is -2.44. The lowest BCUT2D eigenvalue weighted by Gasteiger charge is -2.40. The number of nitrogens with one attached hydrogen (secondary N) is 2. The molecule has 1 saturated carbocycles. The molecule has 4 atom stereocenters. The summed E-state index contributed by atoms with van der Waals surface area (Å²) in [4.78, 5) is 15.5. The number of hydrogen-bond acceptors (Lipinski definition) is 5. The average molecular weight is 416 g/mol. The maximum Gasteiger partial charge on any atom is 0.143 e. The Morgan fingerprint density at radius 3 is 2.71 bits per heavy atom. The van der Waals surface area contributed by atoms with E-state index in [1.54, 1.807) is 6.33 Å². The molecule has 6 nitrogen and oxygen atoms in total. The predicted molar refractivity (Wildman–Crippen MR) is 120 cm³/mol. The van der Waals surface area contributed by atoms with Crippen LogP contribution in [-0.2, 0) is 11.2 Å². The number of aromatic nitrogens is 3. The van der Waals surface area contributed by atoms with Gasteiger partial charge in [-0.2, -0.15) is 0 Å². The first kappa shape index (κ1) is 18.2. The molecule has 1 aromatic carbocycles. The number of aryl methyl sites for hydroxylation is 1. The Morgan fingerprint density at radius 2 is 1.87 bits per heavy atom. The summed E-state index contributed by atoms with van der Waals surface area (Å²) in [6.45, 7) is 4.18. The Labute approximate surface area is 182 Å². The number of likely N-dealkylation sites (tertiary alicyclic amines) is 1. The minimum absolute atomic E-state index is 0.238. The molecule has 4 heterocycles. The van der Waals surface area contributed by atoms with Crippen LogP contribution in [0.1, 0.15) is 48.0 Å². The summed E-state index contributed by atoms with van der Waals surface area (Å²) in [5.41, 5.74) is 5.16. The monoisotopic (exact) mass is 415 g/mol. The molecule has 2 aromatic heterocycles. The van der Waals surface area contributed by atoms with Crippen LogP contribution in [0.3, 0.4) is 0 Å². The zero-order chi connectivity index (χ0) is 20.4. The molecule has 31 heavy (non-hydrogen) atoms. The number of H-pyrrole nitrogens is 1. The van der Waals surface area contributed by atoms with Crippen molar-refractivity contribution in [1.29, 1.82) is 0 Å². The molecule has 2 saturated heterocycles. The van der Waals surface area contributed by atoms with Crippen molar-refractivity contribution >= 4 is 16.9 Å². The van der Waals surface area contributed by atoms with Gasteiger partial charge in [-0.25, -0.2) is 9.97 Å². The van der Waals surface area contributed by atoms with Gasteiger partial charge in [-0.15, -0.1) is 0 Å². The lowest BCUT2D eigenvalue weighted by atomic mass is 9.83. The third-order valence-electron chi connectivity index (χ3n) is 7.98. The standard InChI is InChI=1S/C25H29N5O/c1-2-4-19-15(3-1)7-8-22(30-10-17-12-31-13-18(17)11-30)23(19)29-25-20-9-21(16-5-6-16)28-24(20)26-14-27-25/h1-4,9,14,16-18,22-23H,5-8,10-13H2,(H2,26,27,28,29). The number of rotatable bonds is 4. The Kier molecular flexibility index (Phi) is 4.12. The van der Waals surface area contributed by atoms with Crippen molar-refractivity contribution in [3.05, 3.63) is 53.5 Å². The molecule has 3 aromatic rings. The highest BCUT2D eigenvalue weighted by molar-refractivity contribution is 5.88. The first-order chi connectivity index (χ1) is 15.3. The Morgan fingerprint density at radius 1 is 1.03 bits per heavy atom. The SMILES string of the molecule is c1ccc2c(c1)CCC(N1CC3COCC3C1)C2Nc1ncnc2[nH]c(C3CC3)cc12. The van der Waals surface area contributed by atoms with Crippen molar-refractivity contribution in [1.82, 2.24) is 19.9 Å². The van der Waals surface area contributed by atoms with E-state index in [-0.39, 0.29) is 6.04 Å². The average Bonchev–Trinajstić information content (AvgIpc) is 3.20. The molecule has 2 aliphatic carbocycles. The van der Waals surface area contributed by atoms with E-state index in [0.717, 1.165) is 49.6 Å². The van der Waals surface area contributed by atoms with Crippen molar-refractivity contribution in [3.8, 4) is 0 Å². The normalized spacial score (nSPS) is 30.5. The highest BCUT2D eigenvalue weighted by atomic mass is 16.5. The van der Waals surface area contributed by atoms with Crippen LogP contribution in [0.2, 0.25) is 0 Å². The van der Waals surface area contributed by atoms with E-state index in [9.17, 15) is 0 Å². The van der Waals surface area contributed by atoms with E-state index in [4.69, 9.17) is 9.72 Å². The molecule has 7 rings (SSSR count). The summed E-state index contributed by atoms with van der Waals surface area (Å²) < 4.78 is 5.74. The molecular weight excluding hydrogens is 386 g/mol. The van der Waals surface area contributed by atoms with Gasteiger partial charge in [-0.3, -0.25) is 4.90 Å². The largest absolute Gasteiger partial charge is 0.381 e. The van der Waals surface area contributed by atoms with E-state index in [0.29, 0.717) is 23.8 Å². The van der Waals surface area contributed by atoms with E-state index in [1.807, 2.05) is 0 Å². The Bertz CT molecular complexity index is 1110. The maximum absolute atomic E-state index is 5.74. The molecule has 3 fully saturated rings. The van der Waals surface area contributed by atoms with Gasteiger partial charge in [0.05, 0.1) is 24.6 Å². The van der Waals surface area contributed by atoms with E-state index >= 15 is 0 Å². The second-order valence-corrected chi connectivity index (χ2v) is 9.92. The molecule has 0 radical (unpaired) electrons. The van der Waals surface area contributed by atoms with Crippen LogP contribution in [0.5, 0.6) is 0 Å². The summed E-state index contributed by atoms with van der Waals surface area (Å²) in [7, 11) is 0. The van der Waals surface area contributed by atoms with E-state index in [1.165, 1.54) is 36.1 Å². The van der Waals surface area contributed by atoms with Crippen molar-refractivity contribution in [2.45, 2.75) is 43.7 Å². The van der Waals surface area contributed by atoms with Gasteiger partial charge < -0.3 is 15.0 Å². The summed E-state index contributed by atoms with van der Waals surface area (Å²) in [6.07, 6.45) is 6.59. The lowest BCUT2D eigenvalue weighted by molar-refractivity contribution is 0.127. The molecule has 0 spiro atoms. The van der Waals surface area contributed by atoms with Crippen LogP contribution >= 0.6 is 0 Å². The van der Waals surface area contributed by atoms with Gasteiger partial charge in [-0.05, 0) is 48.8 Å². The molecule has 160 valence electrons. The Balaban J connectivity index is 1.25. The fourth-order valence-corrected chi connectivity index (χ4v) is 6.14. The summed E-state index contributed by atoms with van der Waals surface area (Å²) in [5.74, 6) is 3.04. The van der Waals surface area contributed by atoms with Crippen LogP contribution in [0, 0.1) is 11.8 Å². The number of aromatic amines is 1. The fourth-order valence-electron chi connectivity index (χ4n) is 6.14.